The van der Waals surface area contributed by atoms with Crippen LogP contribution in [0.2, 0.25) is 0 Å². The molecule has 0 aromatic carbocycles. The predicted octanol–water partition coefficient (Wildman–Crippen LogP) is 5.35. The molecule has 0 aromatic rings. The standard InChI is InChI=1S/C43H92N14O3.C2HF3O2/c1-59-37-31-54-41(48)52-29-21-13-5-9-17-25-35-56(33-23-15-7-3-11-19-27-50-39(44)45)43(58)57(34-24-16-8-4-12-20-28-51-40(46)47)36-26-18-10-6-14-22-30-53-42(49)55-32-38-60-2;3-2(4,5)1(6)7/h3-38H2,1-2H3,(H4,44,45,50)(H4,46,47,51)(H3,48,52,54)(H3,49,53,55);(H,6,7). The zero-order valence-electron chi connectivity index (χ0n) is 41.3. The third-order valence-corrected chi connectivity index (χ3v) is 10.5. The maximum absolute atomic E-state index is 14.3. The second kappa shape index (κ2) is 46.6. The van der Waals surface area contributed by atoms with Gasteiger partial charge in [-0.2, -0.15) is 13.2 Å². The molecule has 67 heavy (non-hydrogen) atoms. The summed E-state index contributed by atoms with van der Waals surface area (Å²) in [4.78, 5) is 44.5. The molecule has 0 aliphatic heterocycles. The first-order valence-electron chi connectivity index (χ1n) is 24.7. The summed E-state index contributed by atoms with van der Waals surface area (Å²) in [6.07, 6.45) is 21.3. The highest BCUT2D eigenvalue weighted by atomic mass is 19.4. The molecule has 0 aliphatic carbocycles. The molecule has 0 atom stereocenters. The molecular weight excluding hydrogens is 874 g/mol. The van der Waals surface area contributed by atoms with E-state index in [9.17, 15) is 18.0 Å². The summed E-state index contributed by atoms with van der Waals surface area (Å²) >= 11 is 0. The smallest absolute Gasteiger partial charge is 0.475 e. The van der Waals surface area contributed by atoms with E-state index in [1.54, 1.807) is 14.2 Å². The SMILES string of the molecule is COCCNC(N)=NCCCCCCCCN(CCCCCCCCN=C(N)N)C(=O)N(CCCCCCCCN=C(N)N)CCCCCCCCN=C(N)NCCOC.O=C(O)C(F)(F)F. The number of nitrogens with zero attached hydrogens (tertiary/aromatic N) is 6. The molecule has 0 saturated carbocycles. The van der Waals surface area contributed by atoms with Crippen LogP contribution in [0.25, 0.3) is 0 Å². The van der Waals surface area contributed by atoms with E-state index in [4.69, 9.17) is 53.8 Å². The number of urea groups is 1. The maximum atomic E-state index is 14.3. The summed E-state index contributed by atoms with van der Waals surface area (Å²) in [6, 6.07) is 0.216. The number of rotatable bonds is 42. The molecule has 0 rings (SSSR count). The van der Waals surface area contributed by atoms with Gasteiger partial charge in [0.05, 0.1) is 13.2 Å². The van der Waals surface area contributed by atoms with Crippen molar-refractivity contribution in [1.29, 1.82) is 0 Å². The minimum atomic E-state index is -5.08. The zero-order chi connectivity index (χ0) is 50.2. The van der Waals surface area contributed by atoms with Gasteiger partial charge in [0, 0.05) is 79.7 Å². The number of methoxy groups -OCH3 is 2. The summed E-state index contributed by atoms with van der Waals surface area (Å²) in [7, 11) is 3.34. The van der Waals surface area contributed by atoms with Gasteiger partial charge in [-0.05, 0) is 51.4 Å². The Bertz CT molecular complexity index is 1220. The number of aliphatic imine (C=N–C) groups is 4. The summed E-state index contributed by atoms with van der Waals surface area (Å²) < 4.78 is 41.8. The number of guanidine groups is 4. The van der Waals surface area contributed by atoms with Crippen LogP contribution in [0.5, 0.6) is 0 Å². The molecule has 0 aromatic heterocycles. The monoisotopic (exact) mass is 967 g/mol. The average molecular weight is 967 g/mol. The van der Waals surface area contributed by atoms with Gasteiger partial charge in [-0.3, -0.25) is 20.0 Å². The Balaban J connectivity index is 0. The minimum Gasteiger partial charge on any atom is -0.475 e. The van der Waals surface area contributed by atoms with Gasteiger partial charge in [-0.25, -0.2) is 9.59 Å². The van der Waals surface area contributed by atoms with Crippen molar-refractivity contribution in [3.05, 3.63) is 0 Å². The Hall–Kier alpha value is -4.47. The van der Waals surface area contributed by atoms with Crippen LogP contribution in [0, 0.1) is 0 Å². The van der Waals surface area contributed by atoms with E-state index in [1.807, 2.05) is 0 Å². The lowest BCUT2D eigenvalue weighted by atomic mass is 10.1. The van der Waals surface area contributed by atoms with Crippen molar-refractivity contribution >= 4 is 35.8 Å². The number of aliphatic carboxylic acids is 1. The average Bonchev–Trinajstić information content (AvgIpc) is 3.27. The quantitative estimate of drug-likeness (QED) is 0.0212. The molecule has 0 heterocycles. The minimum absolute atomic E-state index is 0.161. The Kier molecular flexibility index (Phi) is 45.0. The number of alkyl halides is 3. The third-order valence-electron chi connectivity index (χ3n) is 10.5. The zero-order valence-corrected chi connectivity index (χ0v) is 41.3. The normalized spacial score (nSPS) is 11.7. The number of hydrogen-bond acceptors (Lipinski definition) is 8. The van der Waals surface area contributed by atoms with Gasteiger partial charge < -0.3 is 69.4 Å². The number of nitrogens with two attached hydrogens (primary N) is 6. The van der Waals surface area contributed by atoms with Gasteiger partial charge in [0.15, 0.2) is 23.8 Å². The number of carboxylic acid groups (broad SMARTS) is 1. The molecule has 0 radical (unpaired) electrons. The van der Waals surface area contributed by atoms with Crippen molar-refractivity contribution in [2.75, 3.05) is 92.9 Å². The molecule has 0 bridgehead atoms. The number of carbonyl (C=O) groups is 2. The summed E-state index contributed by atoms with van der Waals surface area (Å²) in [6.45, 7) is 8.63. The number of amides is 2. The van der Waals surface area contributed by atoms with Crippen molar-refractivity contribution < 1.29 is 37.3 Å². The first-order chi connectivity index (χ1) is 32.1. The molecule has 15 N–H and O–H groups in total. The molecule has 2 amide bonds. The lowest BCUT2D eigenvalue weighted by Gasteiger charge is -2.31. The molecule has 0 unspecified atom stereocenters. The fourth-order valence-electron chi connectivity index (χ4n) is 6.78. The number of carboxylic acids is 1. The van der Waals surface area contributed by atoms with Crippen LogP contribution in [-0.2, 0) is 14.3 Å². The molecule has 22 heteroatoms. The fraction of sp³-hybridized carbons (Fsp3) is 0.867. The second-order valence-electron chi connectivity index (χ2n) is 16.5. The number of hydrogen-bond donors (Lipinski definition) is 9. The van der Waals surface area contributed by atoms with Crippen molar-refractivity contribution in [2.24, 2.45) is 54.4 Å². The van der Waals surface area contributed by atoms with E-state index in [0.717, 1.165) is 193 Å². The molecule has 394 valence electrons. The van der Waals surface area contributed by atoms with E-state index in [2.05, 4.69) is 40.4 Å². The number of ether oxygens (including phenoxy) is 2. The van der Waals surface area contributed by atoms with E-state index in [-0.39, 0.29) is 18.0 Å². The molecule has 0 saturated heterocycles. The first-order valence-corrected chi connectivity index (χ1v) is 24.7. The van der Waals surface area contributed by atoms with E-state index in [1.165, 1.54) is 0 Å². The largest absolute Gasteiger partial charge is 0.490 e. The van der Waals surface area contributed by atoms with Crippen molar-refractivity contribution in [2.45, 2.75) is 160 Å². The highest BCUT2D eigenvalue weighted by Gasteiger charge is 2.38. The van der Waals surface area contributed by atoms with E-state index < -0.39 is 12.1 Å². The van der Waals surface area contributed by atoms with Crippen molar-refractivity contribution in [3.63, 3.8) is 0 Å². The van der Waals surface area contributed by atoms with Gasteiger partial charge >= 0.3 is 18.2 Å². The number of carbonyl (C=O) groups excluding carboxylic acids is 1. The Morgan fingerprint density at radius 1 is 0.463 bits per heavy atom. The molecule has 0 aliphatic rings. The van der Waals surface area contributed by atoms with E-state index in [0.29, 0.717) is 51.3 Å². The third kappa shape index (κ3) is 47.8. The van der Waals surface area contributed by atoms with Crippen LogP contribution in [0.1, 0.15) is 154 Å². The predicted molar refractivity (Wildman–Crippen MR) is 267 cm³/mol. The van der Waals surface area contributed by atoms with Crippen LogP contribution in [-0.4, -0.2) is 150 Å². The maximum Gasteiger partial charge on any atom is 0.490 e. The van der Waals surface area contributed by atoms with E-state index >= 15 is 0 Å². The summed E-state index contributed by atoms with van der Waals surface area (Å²) in [5.74, 6) is -1.47. The number of nitrogens with one attached hydrogen (secondary N) is 2. The highest BCUT2D eigenvalue weighted by molar-refractivity contribution is 5.78. The van der Waals surface area contributed by atoms with Crippen LogP contribution < -0.4 is 45.0 Å². The molecule has 0 fully saturated rings. The lowest BCUT2D eigenvalue weighted by molar-refractivity contribution is -0.192. The lowest BCUT2D eigenvalue weighted by Crippen LogP contribution is -2.45. The molecule has 19 nitrogen and oxygen atoms in total. The van der Waals surface area contributed by atoms with Crippen LogP contribution in [0.4, 0.5) is 18.0 Å². The molecule has 0 spiro atoms. The van der Waals surface area contributed by atoms with Gasteiger partial charge in [0.1, 0.15) is 0 Å². The highest BCUT2D eigenvalue weighted by Crippen LogP contribution is 2.15. The Morgan fingerprint density at radius 2 is 0.701 bits per heavy atom. The second-order valence-corrected chi connectivity index (χ2v) is 16.5. The van der Waals surface area contributed by atoms with Gasteiger partial charge in [-0.1, -0.05) is 103 Å². The molecular formula is C45H93F3N14O5. The number of unbranched alkanes of at least 4 members (excludes halogenated alkanes) is 20. The van der Waals surface area contributed by atoms with Crippen molar-refractivity contribution in [3.8, 4) is 0 Å². The van der Waals surface area contributed by atoms with Crippen molar-refractivity contribution in [1.82, 2.24) is 20.4 Å². The van der Waals surface area contributed by atoms with Gasteiger partial charge in [-0.15, -0.1) is 0 Å². The van der Waals surface area contributed by atoms with Gasteiger partial charge in [0.2, 0.25) is 0 Å². The fourth-order valence-corrected chi connectivity index (χ4v) is 6.78. The topological polar surface area (TPSA) is 309 Å². The van der Waals surface area contributed by atoms with Gasteiger partial charge in [0.25, 0.3) is 0 Å². The first kappa shape index (κ1) is 64.6. The Morgan fingerprint density at radius 3 is 0.940 bits per heavy atom. The number of halogens is 3. The van der Waals surface area contributed by atoms with Crippen LogP contribution in [0.15, 0.2) is 20.0 Å². The summed E-state index contributed by atoms with van der Waals surface area (Å²) in [5.41, 5.74) is 33.7. The Labute approximate surface area is 400 Å². The summed E-state index contributed by atoms with van der Waals surface area (Å²) in [5, 5.41) is 13.2. The van der Waals surface area contributed by atoms with Crippen LogP contribution >= 0.6 is 0 Å². The van der Waals surface area contributed by atoms with Crippen LogP contribution in [0.3, 0.4) is 0 Å².